The Bertz CT molecular complexity index is 1110. The second kappa shape index (κ2) is 6.75. The summed E-state index contributed by atoms with van der Waals surface area (Å²) in [5, 5.41) is -1.56. The minimum Gasteiger partial charge on any atom is -0.368 e. The van der Waals surface area contributed by atoms with Gasteiger partial charge in [0, 0.05) is 12.5 Å². The lowest BCUT2D eigenvalue weighted by molar-refractivity contribution is -0.161. The molecule has 0 unspecified atom stereocenters. The molecule has 8 nitrogen and oxygen atoms in total. The molecule has 0 aliphatic carbocycles. The zero-order valence-electron chi connectivity index (χ0n) is 16.7. The molecule has 1 aromatic carbocycles. The second-order valence-corrected chi connectivity index (χ2v) is 12.6. The summed E-state index contributed by atoms with van der Waals surface area (Å²) in [5.41, 5.74) is -1.31. The van der Waals surface area contributed by atoms with Gasteiger partial charge in [-0.3, -0.25) is 14.5 Å². The Morgan fingerprint density at radius 2 is 1.69 bits per heavy atom. The minimum atomic E-state index is -4.44. The van der Waals surface area contributed by atoms with Crippen molar-refractivity contribution in [2.75, 3.05) is 7.11 Å². The molecule has 2 aliphatic rings. The third kappa shape index (κ3) is 3.04. The summed E-state index contributed by atoms with van der Waals surface area (Å²) in [6.07, 6.45) is -1.36. The number of hydrogen-bond donors (Lipinski definition) is 0. The monoisotopic (exact) mass is 441 g/mol. The fourth-order valence-corrected chi connectivity index (χ4v) is 9.05. The molecule has 2 heterocycles. The molecule has 0 radical (unpaired) electrons. The van der Waals surface area contributed by atoms with Crippen LogP contribution in [0.3, 0.4) is 0 Å². The highest BCUT2D eigenvalue weighted by molar-refractivity contribution is 8.09. The molecule has 29 heavy (non-hydrogen) atoms. The fraction of sp³-hybridized carbons (Fsp3) is 0.474. The number of sulfone groups is 2. The molecule has 3 rings (SSSR count). The highest BCUT2D eigenvalue weighted by Crippen LogP contribution is 2.45. The smallest absolute Gasteiger partial charge is 0.260 e. The number of β-lactam (4-membered cyclic amide) rings is 1. The van der Waals surface area contributed by atoms with E-state index in [0.29, 0.717) is 0 Å². The van der Waals surface area contributed by atoms with Crippen LogP contribution in [-0.4, -0.2) is 56.6 Å². The highest BCUT2D eigenvalue weighted by Gasteiger charge is 2.65. The maximum absolute atomic E-state index is 13.3. The van der Waals surface area contributed by atoms with E-state index in [1.165, 1.54) is 38.3 Å². The van der Waals surface area contributed by atoms with Crippen molar-refractivity contribution in [3.63, 3.8) is 0 Å². The predicted octanol–water partition coefficient (Wildman–Crippen LogP) is 1.29. The molecule has 10 heteroatoms. The SMILES string of the molecule is CO[C@H]1C(=O)N2C(C(=O)C(C)(C)C)=C(C)[C@@H](S(=O)(=O)c3ccccc3)S(=O)(=O)[C@H]12. The zero-order valence-corrected chi connectivity index (χ0v) is 18.4. The van der Waals surface area contributed by atoms with Gasteiger partial charge in [-0.1, -0.05) is 39.0 Å². The van der Waals surface area contributed by atoms with E-state index in [2.05, 4.69) is 0 Å². The van der Waals surface area contributed by atoms with Crippen LogP contribution in [0, 0.1) is 5.41 Å². The molecule has 0 N–H and O–H groups in total. The fourth-order valence-electron chi connectivity index (χ4n) is 3.67. The number of fused-ring (bicyclic) bond motifs is 1. The summed E-state index contributed by atoms with van der Waals surface area (Å²) in [7, 11) is -7.66. The normalized spacial score (nSPS) is 26.7. The van der Waals surface area contributed by atoms with E-state index in [-0.39, 0.29) is 16.2 Å². The van der Waals surface area contributed by atoms with E-state index in [4.69, 9.17) is 4.74 Å². The van der Waals surface area contributed by atoms with Crippen LogP contribution in [0.2, 0.25) is 0 Å². The van der Waals surface area contributed by atoms with Crippen LogP contribution >= 0.6 is 0 Å². The topological polar surface area (TPSA) is 115 Å². The maximum atomic E-state index is 13.3. The molecular weight excluding hydrogens is 418 g/mol. The van der Waals surface area contributed by atoms with Gasteiger partial charge in [0.2, 0.25) is 0 Å². The molecule has 1 amide bonds. The van der Waals surface area contributed by atoms with Crippen LogP contribution in [-0.2, 0) is 34.0 Å². The van der Waals surface area contributed by atoms with Gasteiger partial charge in [-0.2, -0.15) is 0 Å². The zero-order chi connectivity index (χ0) is 21.9. The van der Waals surface area contributed by atoms with Gasteiger partial charge >= 0.3 is 0 Å². The summed E-state index contributed by atoms with van der Waals surface area (Å²) in [4.78, 5) is 26.3. The lowest BCUT2D eigenvalue weighted by atomic mass is 9.86. The van der Waals surface area contributed by atoms with E-state index in [0.717, 1.165) is 4.90 Å². The van der Waals surface area contributed by atoms with Crippen LogP contribution in [0.25, 0.3) is 0 Å². The van der Waals surface area contributed by atoms with Crippen molar-refractivity contribution in [3.8, 4) is 0 Å². The number of hydrogen-bond acceptors (Lipinski definition) is 7. The van der Waals surface area contributed by atoms with Crippen molar-refractivity contribution in [1.82, 2.24) is 4.90 Å². The number of nitrogens with zero attached hydrogens (tertiary/aromatic N) is 1. The third-order valence-corrected chi connectivity index (χ3v) is 10.6. The summed E-state index contributed by atoms with van der Waals surface area (Å²) < 4.78 is 56.3. The number of carbonyl (C=O) groups excluding carboxylic acids is 2. The molecule has 0 saturated carbocycles. The molecule has 158 valence electrons. The standard InChI is InChI=1S/C19H23NO7S2/c1-11-13(15(21)19(2,3)4)20-16(22)14(27-5)17(20)29(25,26)18(11)28(23,24)12-9-7-6-8-10-12/h6-10,14,17-18H,1-5H3/t14-,17+,18-/m0/s1. The molecular formula is C19H23NO7S2. The number of carbonyl (C=O) groups is 2. The molecule has 1 aromatic rings. The highest BCUT2D eigenvalue weighted by atomic mass is 32.3. The summed E-state index contributed by atoms with van der Waals surface area (Å²) in [5.74, 6) is -1.19. The first-order valence-electron chi connectivity index (χ1n) is 8.91. The molecule has 1 fully saturated rings. The van der Waals surface area contributed by atoms with Gasteiger partial charge in [0.1, 0.15) is 0 Å². The maximum Gasteiger partial charge on any atom is 0.260 e. The van der Waals surface area contributed by atoms with Gasteiger partial charge in [-0.25, -0.2) is 16.8 Å². The van der Waals surface area contributed by atoms with Crippen molar-refractivity contribution in [3.05, 3.63) is 41.6 Å². The number of amides is 1. The van der Waals surface area contributed by atoms with Crippen molar-refractivity contribution in [1.29, 1.82) is 0 Å². The molecule has 3 atom stereocenters. The number of allylic oxidation sites excluding steroid dienone is 1. The van der Waals surface area contributed by atoms with Crippen molar-refractivity contribution < 1.29 is 31.2 Å². The number of benzene rings is 1. The average molecular weight is 442 g/mol. The molecule has 0 bridgehead atoms. The first kappa shape index (κ1) is 21.7. The number of ketones is 1. The minimum absolute atomic E-state index is 0.173. The number of rotatable bonds is 4. The Kier molecular flexibility index (Phi) is 5.04. The Morgan fingerprint density at radius 1 is 1.14 bits per heavy atom. The first-order valence-corrected chi connectivity index (χ1v) is 12.1. The first-order chi connectivity index (χ1) is 13.3. The van der Waals surface area contributed by atoms with E-state index in [1.54, 1.807) is 26.8 Å². The lowest BCUT2D eigenvalue weighted by Crippen LogP contribution is -2.72. The van der Waals surface area contributed by atoms with Crippen LogP contribution < -0.4 is 0 Å². The number of methoxy groups -OCH3 is 1. The van der Waals surface area contributed by atoms with Gasteiger partial charge in [0.05, 0.1) is 10.6 Å². The van der Waals surface area contributed by atoms with Crippen LogP contribution in [0.1, 0.15) is 27.7 Å². The van der Waals surface area contributed by atoms with Crippen molar-refractivity contribution in [2.24, 2.45) is 5.41 Å². The van der Waals surface area contributed by atoms with Crippen LogP contribution in [0.5, 0.6) is 0 Å². The largest absolute Gasteiger partial charge is 0.368 e. The Morgan fingerprint density at radius 3 is 2.17 bits per heavy atom. The van der Waals surface area contributed by atoms with Gasteiger partial charge in [-0.15, -0.1) is 0 Å². The molecule has 0 spiro atoms. The third-order valence-electron chi connectivity index (χ3n) is 5.10. The quantitative estimate of drug-likeness (QED) is 0.647. The summed E-state index contributed by atoms with van der Waals surface area (Å²) in [6, 6.07) is 7.18. The number of Topliss-reactive ketones (excluding diaryl/α,β-unsaturated/α-hetero) is 1. The van der Waals surface area contributed by atoms with Crippen LogP contribution in [0.15, 0.2) is 46.5 Å². The molecule has 1 saturated heterocycles. The molecule has 0 aromatic heterocycles. The van der Waals surface area contributed by atoms with E-state index in [9.17, 15) is 26.4 Å². The Labute approximate surface area is 170 Å². The van der Waals surface area contributed by atoms with Gasteiger partial charge in [-0.05, 0) is 24.6 Å². The van der Waals surface area contributed by atoms with E-state index >= 15 is 0 Å². The van der Waals surface area contributed by atoms with E-state index in [1.807, 2.05) is 0 Å². The Hall–Kier alpha value is -2.04. The van der Waals surface area contributed by atoms with E-state index < -0.39 is 52.8 Å². The van der Waals surface area contributed by atoms with Gasteiger partial charge in [0.25, 0.3) is 5.91 Å². The van der Waals surface area contributed by atoms with Gasteiger partial charge < -0.3 is 4.74 Å². The average Bonchev–Trinajstić information content (AvgIpc) is 2.61. The lowest BCUT2D eigenvalue weighted by Gasteiger charge is -2.51. The Balaban J connectivity index is 2.33. The summed E-state index contributed by atoms with van der Waals surface area (Å²) in [6.45, 7) is 6.14. The van der Waals surface area contributed by atoms with Crippen LogP contribution in [0.4, 0.5) is 0 Å². The van der Waals surface area contributed by atoms with Crippen molar-refractivity contribution >= 4 is 31.4 Å². The number of ether oxygens (including phenoxy) is 1. The molecule has 2 aliphatic heterocycles. The second-order valence-electron chi connectivity index (χ2n) is 8.14. The summed E-state index contributed by atoms with van der Waals surface area (Å²) >= 11 is 0. The predicted molar refractivity (Wildman–Crippen MR) is 105 cm³/mol. The van der Waals surface area contributed by atoms with Gasteiger partial charge in [0.15, 0.2) is 41.5 Å². The van der Waals surface area contributed by atoms with Crippen molar-refractivity contribution in [2.45, 2.75) is 48.7 Å².